The fourth-order valence-corrected chi connectivity index (χ4v) is 2.83. The minimum atomic E-state index is -0.494. The molecule has 9 nitrogen and oxygen atoms in total. The summed E-state index contributed by atoms with van der Waals surface area (Å²) in [5, 5.41) is 5.48. The number of carbonyl (C=O) groups excluding carboxylic acids is 3. The fraction of sp³-hybridized carbons (Fsp3) is 0.211. The van der Waals surface area contributed by atoms with Gasteiger partial charge in [0.2, 0.25) is 0 Å². The van der Waals surface area contributed by atoms with Crippen molar-refractivity contribution >= 4 is 29.2 Å². The number of ether oxygens (including phenoxy) is 1. The number of aromatic amines is 1. The molecule has 0 unspecified atom stereocenters. The molecule has 28 heavy (non-hydrogen) atoms. The van der Waals surface area contributed by atoms with Crippen molar-refractivity contribution in [3.8, 4) is 0 Å². The zero-order valence-corrected chi connectivity index (χ0v) is 16.0. The Labute approximate surface area is 161 Å². The highest BCUT2D eigenvalue weighted by molar-refractivity contribution is 6.07. The SMILES string of the molecule is COC(=O)c1cc(NC(=O)c2cc(NC(=O)c3cc(C)c[nH]3)cn2C)cn1C. The lowest BCUT2D eigenvalue weighted by molar-refractivity contribution is 0.0589. The molecule has 2 amide bonds. The number of methoxy groups -OCH3 is 1. The molecule has 3 aromatic rings. The number of esters is 1. The number of hydrogen-bond donors (Lipinski definition) is 3. The summed E-state index contributed by atoms with van der Waals surface area (Å²) in [6.07, 6.45) is 5.00. The molecule has 0 saturated carbocycles. The Morgan fingerprint density at radius 1 is 0.929 bits per heavy atom. The number of nitrogens with zero attached hydrogens (tertiary/aromatic N) is 2. The minimum absolute atomic E-state index is 0.295. The van der Waals surface area contributed by atoms with E-state index in [4.69, 9.17) is 4.74 Å². The van der Waals surface area contributed by atoms with Gasteiger partial charge in [-0.15, -0.1) is 0 Å². The van der Waals surface area contributed by atoms with Crippen LogP contribution in [0.15, 0.2) is 36.8 Å². The Morgan fingerprint density at radius 2 is 1.50 bits per heavy atom. The van der Waals surface area contributed by atoms with Crippen molar-refractivity contribution in [3.63, 3.8) is 0 Å². The van der Waals surface area contributed by atoms with Gasteiger partial charge in [-0.2, -0.15) is 0 Å². The first-order valence-electron chi connectivity index (χ1n) is 8.47. The Hall–Kier alpha value is -3.75. The highest BCUT2D eigenvalue weighted by Crippen LogP contribution is 2.18. The first kappa shape index (κ1) is 19.0. The van der Waals surface area contributed by atoms with Gasteiger partial charge in [-0.25, -0.2) is 4.79 Å². The monoisotopic (exact) mass is 383 g/mol. The van der Waals surface area contributed by atoms with E-state index in [-0.39, 0.29) is 11.8 Å². The average molecular weight is 383 g/mol. The third kappa shape index (κ3) is 3.83. The van der Waals surface area contributed by atoms with E-state index in [1.165, 1.54) is 13.2 Å². The van der Waals surface area contributed by atoms with Crippen LogP contribution in [0.3, 0.4) is 0 Å². The quantitative estimate of drug-likeness (QED) is 0.587. The van der Waals surface area contributed by atoms with E-state index in [0.29, 0.717) is 28.5 Å². The maximum absolute atomic E-state index is 12.6. The average Bonchev–Trinajstić information content (AvgIpc) is 3.33. The number of H-pyrrole nitrogens is 1. The van der Waals surface area contributed by atoms with E-state index in [1.54, 1.807) is 54.0 Å². The fourth-order valence-electron chi connectivity index (χ4n) is 2.83. The Balaban J connectivity index is 1.73. The molecule has 0 saturated heterocycles. The van der Waals surface area contributed by atoms with Crippen LogP contribution in [0.4, 0.5) is 11.4 Å². The number of rotatable bonds is 5. The van der Waals surface area contributed by atoms with Gasteiger partial charge in [0.25, 0.3) is 11.8 Å². The summed E-state index contributed by atoms with van der Waals surface area (Å²) in [5.74, 6) is -1.16. The molecule has 0 fully saturated rings. The van der Waals surface area contributed by atoms with Gasteiger partial charge in [0.15, 0.2) is 0 Å². The minimum Gasteiger partial charge on any atom is -0.464 e. The van der Waals surface area contributed by atoms with Crippen LogP contribution in [0.25, 0.3) is 0 Å². The second-order valence-corrected chi connectivity index (χ2v) is 6.44. The van der Waals surface area contributed by atoms with Crippen molar-refractivity contribution < 1.29 is 19.1 Å². The summed E-state index contributed by atoms with van der Waals surface area (Å²) in [4.78, 5) is 39.4. The molecule has 0 aliphatic carbocycles. The smallest absolute Gasteiger partial charge is 0.354 e. The van der Waals surface area contributed by atoms with E-state index in [2.05, 4.69) is 15.6 Å². The molecule has 0 aliphatic rings. The summed E-state index contributed by atoms with van der Waals surface area (Å²) < 4.78 is 7.87. The van der Waals surface area contributed by atoms with E-state index >= 15 is 0 Å². The predicted molar refractivity (Wildman–Crippen MR) is 104 cm³/mol. The predicted octanol–water partition coefficient (Wildman–Crippen LogP) is 2.29. The lowest BCUT2D eigenvalue weighted by Gasteiger charge is -2.03. The van der Waals surface area contributed by atoms with Crippen LogP contribution in [-0.2, 0) is 18.8 Å². The van der Waals surface area contributed by atoms with E-state index in [9.17, 15) is 14.4 Å². The molecule has 3 N–H and O–H groups in total. The number of aromatic nitrogens is 3. The first-order chi connectivity index (χ1) is 13.3. The number of nitrogens with one attached hydrogen (secondary N) is 3. The van der Waals surface area contributed by atoms with Crippen molar-refractivity contribution in [3.05, 3.63) is 59.4 Å². The lowest BCUT2D eigenvalue weighted by Crippen LogP contribution is -2.15. The van der Waals surface area contributed by atoms with Gasteiger partial charge >= 0.3 is 5.97 Å². The number of carbonyl (C=O) groups is 3. The van der Waals surface area contributed by atoms with Crippen LogP contribution in [0.1, 0.15) is 37.0 Å². The third-order valence-electron chi connectivity index (χ3n) is 4.22. The number of hydrogen-bond acceptors (Lipinski definition) is 4. The molecule has 146 valence electrons. The molecule has 0 aromatic carbocycles. The van der Waals surface area contributed by atoms with Crippen molar-refractivity contribution in [2.24, 2.45) is 14.1 Å². The van der Waals surface area contributed by atoms with Crippen LogP contribution in [0.5, 0.6) is 0 Å². The van der Waals surface area contributed by atoms with Crippen LogP contribution in [0, 0.1) is 6.92 Å². The number of amides is 2. The van der Waals surface area contributed by atoms with Gasteiger partial charge < -0.3 is 29.5 Å². The lowest BCUT2D eigenvalue weighted by atomic mass is 10.3. The summed E-state index contributed by atoms with van der Waals surface area (Å²) in [5.41, 5.74) is 3.01. The maximum atomic E-state index is 12.6. The van der Waals surface area contributed by atoms with Crippen LogP contribution in [0.2, 0.25) is 0 Å². The summed E-state index contributed by atoms with van der Waals surface area (Å²) in [6.45, 7) is 1.88. The van der Waals surface area contributed by atoms with E-state index < -0.39 is 5.97 Å². The molecule has 3 rings (SSSR count). The molecular formula is C19H21N5O4. The van der Waals surface area contributed by atoms with Gasteiger partial charge in [0.1, 0.15) is 17.1 Å². The number of anilines is 2. The number of aryl methyl sites for hydroxylation is 3. The van der Waals surface area contributed by atoms with Gasteiger partial charge in [0, 0.05) is 32.7 Å². The van der Waals surface area contributed by atoms with Crippen molar-refractivity contribution in [2.75, 3.05) is 17.7 Å². The summed E-state index contributed by atoms with van der Waals surface area (Å²) >= 11 is 0. The second kappa shape index (κ2) is 7.47. The van der Waals surface area contributed by atoms with Crippen LogP contribution < -0.4 is 10.6 Å². The second-order valence-electron chi connectivity index (χ2n) is 6.44. The van der Waals surface area contributed by atoms with Crippen molar-refractivity contribution in [1.29, 1.82) is 0 Å². The molecule has 0 spiro atoms. The Bertz CT molecular complexity index is 1060. The van der Waals surface area contributed by atoms with Gasteiger partial charge in [-0.05, 0) is 30.7 Å². The maximum Gasteiger partial charge on any atom is 0.354 e. The summed E-state index contributed by atoms with van der Waals surface area (Å²) in [7, 11) is 4.68. The Kier molecular flexibility index (Phi) is 5.08. The topological polar surface area (TPSA) is 110 Å². The van der Waals surface area contributed by atoms with Crippen LogP contribution in [-0.4, -0.2) is 39.0 Å². The normalized spacial score (nSPS) is 10.6. The van der Waals surface area contributed by atoms with Gasteiger partial charge in [0.05, 0.1) is 18.5 Å². The molecule has 0 bridgehead atoms. The zero-order chi connectivity index (χ0) is 20.4. The molecule has 0 aliphatic heterocycles. The largest absolute Gasteiger partial charge is 0.464 e. The molecule has 0 atom stereocenters. The highest BCUT2D eigenvalue weighted by Gasteiger charge is 2.17. The highest BCUT2D eigenvalue weighted by atomic mass is 16.5. The summed E-state index contributed by atoms with van der Waals surface area (Å²) in [6, 6.07) is 4.84. The molecule has 0 radical (unpaired) electrons. The molecule has 9 heteroatoms. The Morgan fingerprint density at radius 3 is 2.07 bits per heavy atom. The zero-order valence-electron chi connectivity index (χ0n) is 16.0. The molecule has 3 aromatic heterocycles. The van der Waals surface area contributed by atoms with Crippen molar-refractivity contribution in [1.82, 2.24) is 14.1 Å². The van der Waals surface area contributed by atoms with E-state index in [1.807, 2.05) is 6.92 Å². The van der Waals surface area contributed by atoms with Crippen molar-refractivity contribution in [2.45, 2.75) is 6.92 Å². The van der Waals surface area contributed by atoms with Crippen LogP contribution >= 0.6 is 0 Å². The van der Waals surface area contributed by atoms with E-state index in [0.717, 1.165) is 5.56 Å². The third-order valence-corrected chi connectivity index (χ3v) is 4.22. The molecular weight excluding hydrogens is 362 g/mol. The van der Waals surface area contributed by atoms with Gasteiger partial charge in [-0.3, -0.25) is 9.59 Å². The standard InChI is InChI=1S/C19H21N5O4/c1-11-5-14(20-8-11)17(25)21-12-6-15(23(2)9-12)18(26)22-13-7-16(19(27)28-4)24(3)10-13/h5-10,20H,1-4H3,(H,21,25)(H,22,26). The molecule has 3 heterocycles. The van der Waals surface area contributed by atoms with Gasteiger partial charge in [-0.1, -0.05) is 0 Å². The first-order valence-corrected chi connectivity index (χ1v) is 8.47.